The summed E-state index contributed by atoms with van der Waals surface area (Å²) >= 11 is 0. The average molecular weight is 398 g/mol. The van der Waals surface area contributed by atoms with E-state index >= 15 is 0 Å². The molecule has 2 aromatic heterocycles. The molecule has 2 atom stereocenters. The molecule has 29 heavy (non-hydrogen) atoms. The summed E-state index contributed by atoms with van der Waals surface area (Å²) in [6.45, 7) is 4.62. The third kappa shape index (κ3) is 2.95. The molecule has 8 heteroatoms. The van der Waals surface area contributed by atoms with Gasteiger partial charge in [-0.05, 0) is 51.6 Å². The molecule has 4 fully saturated rings. The van der Waals surface area contributed by atoms with Crippen molar-refractivity contribution in [3.63, 3.8) is 0 Å². The fourth-order valence-electron chi connectivity index (χ4n) is 5.91. The molecular weight excluding hydrogens is 371 g/mol. The number of aromatic nitrogens is 3. The standard InChI is InChI=1S/C21H27FN6O/c22-17-10-23-9-16-18(17)25-20(29-13-21-5-1-7-28(21)8-2-6-21)26-19(16)27-11-14-3-4-15(12-27)24-14/h9-10,14-15,24H,1-8,11-13H2. The molecule has 0 aromatic carbocycles. The Labute approximate surface area is 169 Å². The van der Waals surface area contributed by atoms with Crippen LogP contribution in [-0.2, 0) is 0 Å². The van der Waals surface area contributed by atoms with Crippen LogP contribution < -0.4 is 15.0 Å². The Morgan fingerprint density at radius 2 is 1.86 bits per heavy atom. The number of nitrogens with one attached hydrogen (secondary N) is 1. The van der Waals surface area contributed by atoms with Gasteiger partial charge in [0.2, 0.25) is 0 Å². The fraction of sp³-hybridized carbons (Fsp3) is 0.667. The minimum absolute atomic E-state index is 0.115. The largest absolute Gasteiger partial charge is 0.461 e. The number of ether oxygens (including phenoxy) is 1. The number of rotatable bonds is 4. The maximum Gasteiger partial charge on any atom is 0.319 e. The highest BCUT2D eigenvalue weighted by Crippen LogP contribution is 2.39. The van der Waals surface area contributed by atoms with Gasteiger partial charge in [-0.2, -0.15) is 9.97 Å². The van der Waals surface area contributed by atoms with Crippen molar-refractivity contribution in [2.45, 2.75) is 56.1 Å². The van der Waals surface area contributed by atoms with Gasteiger partial charge in [-0.3, -0.25) is 9.88 Å². The molecule has 0 saturated carbocycles. The van der Waals surface area contributed by atoms with Crippen LogP contribution in [0.15, 0.2) is 12.4 Å². The van der Waals surface area contributed by atoms with Crippen LogP contribution in [0.4, 0.5) is 10.2 Å². The number of pyridine rings is 1. The maximum absolute atomic E-state index is 14.6. The van der Waals surface area contributed by atoms with Gasteiger partial charge in [-0.15, -0.1) is 0 Å². The topological polar surface area (TPSA) is 66.4 Å². The van der Waals surface area contributed by atoms with Crippen LogP contribution in [0.1, 0.15) is 38.5 Å². The molecule has 4 saturated heterocycles. The van der Waals surface area contributed by atoms with E-state index in [0.29, 0.717) is 29.6 Å². The normalized spacial score (nSPS) is 28.2. The molecule has 4 aliphatic heterocycles. The molecule has 7 nitrogen and oxygen atoms in total. The number of piperazine rings is 1. The second-order valence-corrected chi connectivity index (χ2v) is 9.10. The van der Waals surface area contributed by atoms with Crippen molar-refractivity contribution >= 4 is 16.7 Å². The number of halogens is 1. The molecule has 0 spiro atoms. The first-order valence-corrected chi connectivity index (χ1v) is 10.9. The third-order valence-corrected chi connectivity index (χ3v) is 7.32. The van der Waals surface area contributed by atoms with E-state index in [1.807, 2.05) is 0 Å². The Morgan fingerprint density at radius 1 is 1.10 bits per heavy atom. The van der Waals surface area contributed by atoms with Crippen LogP contribution in [0.25, 0.3) is 10.9 Å². The number of nitrogens with zero attached hydrogens (tertiary/aromatic N) is 5. The van der Waals surface area contributed by atoms with Crippen molar-refractivity contribution in [3.8, 4) is 6.01 Å². The molecule has 0 amide bonds. The Balaban J connectivity index is 1.34. The van der Waals surface area contributed by atoms with Crippen molar-refractivity contribution in [3.05, 3.63) is 18.2 Å². The number of anilines is 1. The van der Waals surface area contributed by atoms with Gasteiger partial charge in [0.25, 0.3) is 0 Å². The highest BCUT2D eigenvalue weighted by Gasteiger charge is 2.45. The van der Waals surface area contributed by atoms with Gasteiger partial charge < -0.3 is 15.0 Å². The predicted molar refractivity (Wildman–Crippen MR) is 108 cm³/mol. The summed E-state index contributed by atoms with van der Waals surface area (Å²) in [7, 11) is 0. The summed E-state index contributed by atoms with van der Waals surface area (Å²) < 4.78 is 20.8. The SMILES string of the molecule is Fc1cncc2c(N3CC4CCC(C3)N4)nc(OCC34CCCN3CCC4)nc12. The zero-order valence-corrected chi connectivity index (χ0v) is 16.6. The quantitative estimate of drug-likeness (QED) is 0.846. The second-order valence-electron chi connectivity index (χ2n) is 9.10. The van der Waals surface area contributed by atoms with E-state index in [0.717, 1.165) is 44.8 Å². The van der Waals surface area contributed by atoms with E-state index in [4.69, 9.17) is 9.72 Å². The second kappa shape index (κ2) is 6.74. The zero-order chi connectivity index (χ0) is 19.4. The first-order chi connectivity index (χ1) is 14.2. The van der Waals surface area contributed by atoms with Crippen LogP contribution in [-0.4, -0.2) is 70.3 Å². The van der Waals surface area contributed by atoms with E-state index in [1.54, 1.807) is 6.20 Å². The van der Waals surface area contributed by atoms with Crippen molar-refractivity contribution in [1.82, 2.24) is 25.2 Å². The van der Waals surface area contributed by atoms with Crippen molar-refractivity contribution in [1.29, 1.82) is 0 Å². The lowest BCUT2D eigenvalue weighted by Crippen LogP contribution is -2.51. The summed E-state index contributed by atoms with van der Waals surface area (Å²) in [4.78, 5) is 18.1. The van der Waals surface area contributed by atoms with Crippen molar-refractivity contribution < 1.29 is 9.13 Å². The third-order valence-electron chi connectivity index (χ3n) is 7.32. The first-order valence-electron chi connectivity index (χ1n) is 10.9. The van der Waals surface area contributed by atoms with Gasteiger partial charge in [0.05, 0.1) is 17.1 Å². The fourth-order valence-corrected chi connectivity index (χ4v) is 5.91. The Morgan fingerprint density at radius 3 is 2.62 bits per heavy atom. The Hall–Kier alpha value is -2.06. The molecule has 0 radical (unpaired) electrons. The van der Waals surface area contributed by atoms with E-state index in [9.17, 15) is 4.39 Å². The molecule has 2 aromatic rings. The minimum Gasteiger partial charge on any atom is -0.461 e. The van der Waals surface area contributed by atoms with Crippen LogP contribution in [0.2, 0.25) is 0 Å². The van der Waals surface area contributed by atoms with Crippen molar-refractivity contribution in [2.24, 2.45) is 0 Å². The molecule has 6 rings (SSSR count). The molecule has 2 bridgehead atoms. The minimum atomic E-state index is -0.421. The summed E-state index contributed by atoms with van der Waals surface area (Å²) in [5.74, 6) is 0.332. The molecule has 154 valence electrons. The molecule has 4 aliphatic rings. The van der Waals surface area contributed by atoms with E-state index in [1.165, 1.54) is 31.9 Å². The van der Waals surface area contributed by atoms with Gasteiger partial charge in [0.1, 0.15) is 17.9 Å². The van der Waals surface area contributed by atoms with Gasteiger partial charge in [0.15, 0.2) is 5.82 Å². The Bertz CT molecular complexity index is 917. The highest BCUT2D eigenvalue weighted by molar-refractivity contribution is 5.89. The number of fused-ring (bicyclic) bond motifs is 4. The summed E-state index contributed by atoms with van der Waals surface area (Å²) in [6.07, 6.45) is 10.0. The zero-order valence-electron chi connectivity index (χ0n) is 16.6. The van der Waals surface area contributed by atoms with Gasteiger partial charge in [0, 0.05) is 31.4 Å². The molecule has 1 N–H and O–H groups in total. The predicted octanol–water partition coefficient (Wildman–Crippen LogP) is 2.11. The number of hydrogen-bond acceptors (Lipinski definition) is 7. The smallest absolute Gasteiger partial charge is 0.319 e. The monoisotopic (exact) mass is 398 g/mol. The lowest BCUT2D eigenvalue weighted by molar-refractivity contribution is 0.108. The average Bonchev–Trinajstić information content (AvgIpc) is 3.40. The van der Waals surface area contributed by atoms with Gasteiger partial charge in [-0.25, -0.2) is 4.39 Å². The van der Waals surface area contributed by atoms with Gasteiger partial charge in [-0.1, -0.05) is 0 Å². The number of hydrogen-bond donors (Lipinski definition) is 1. The highest BCUT2D eigenvalue weighted by atomic mass is 19.1. The van der Waals surface area contributed by atoms with Crippen LogP contribution in [0.3, 0.4) is 0 Å². The molecule has 2 unspecified atom stereocenters. The Kier molecular flexibility index (Phi) is 4.13. The first kappa shape index (κ1) is 17.8. The maximum atomic E-state index is 14.6. The molecule has 0 aliphatic carbocycles. The van der Waals surface area contributed by atoms with Crippen LogP contribution in [0, 0.1) is 5.82 Å². The summed E-state index contributed by atoms with van der Waals surface area (Å²) in [6, 6.07) is 1.22. The van der Waals surface area contributed by atoms with Crippen molar-refractivity contribution in [2.75, 3.05) is 37.7 Å². The molecular formula is C21H27FN6O. The van der Waals surface area contributed by atoms with Crippen LogP contribution in [0.5, 0.6) is 6.01 Å². The van der Waals surface area contributed by atoms with Crippen LogP contribution >= 0.6 is 0 Å². The summed E-state index contributed by atoms with van der Waals surface area (Å²) in [5, 5.41) is 4.31. The van der Waals surface area contributed by atoms with E-state index in [2.05, 4.69) is 25.1 Å². The van der Waals surface area contributed by atoms with E-state index in [-0.39, 0.29) is 11.5 Å². The lowest BCUT2D eigenvalue weighted by atomic mass is 9.95. The molecule has 6 heterocycles. The summed E-state index contributed by atoms with van der Waals surface area (Å²) in [5.41, 5.74) is 0.418. The van der Waals surface area contributed by atoms with Gasteiger partial charge >= 0.3 is 6.01 Å². The lowest BCUT2D eigenvalue weighted by Gasteiger charge is -2.34. The van der Waals surface area contributed by atoms with E-state index < -0.39 is 5.82 Å².